The molecule has 0 aromatic rings. The number of unbranched alkanes of at least 4 members (excludes halogenated alkanes) is 4. The molecule has 69 heavy (non-hydrogen) atoms. The van der Waals surface area contributed by atoms with Crippen LogP contribution in [0.15, 0.2) is 218 Å². The lowest BCUT2D eigenvalue weighted by Crippen LogP contribution is -2.91. The van der Waals surface area contributed by atoms with Crippen LogP contribution in [0.2, 0.25) is 0 Å². The second kappa shape index (κ2) is 29.7. The minimum Gasteiger partial charge on any atom is -0.490 e. The van der Waals surface area contributed by atoms with Gasteiger partial charge >= 0.3 is 46.5 Å². The summed E-state index contributed by atoms with van der Waals surface area (Å²) in [6.45, 7) is 65.7. The van der Waals surface area contributed by atoms with Gasteiger partial charge in [0.15, 0.2) is 6.10 Å². The molecule has 0 aliphatic carbocycles. The van der Waals surface area contributed by atoms with Gasteiger partial charge in [-0.05, 0) is 12.8 Å². The SMILES string of the molecule is C=COC(CCCCCCC)C(OC=C)(OC=C)C(OC=C)(OC=C)C(OC=C)(OC=C)C(OC=C)(OC=C)C(OC=C)(OC=C)C(OC=C)(OC=C)C(OC=C)(OC=C)C(OO)(OC=C)OC=C. The van der Waals surface area contributed by atoms with Crippen LogP contribution in [0.25, 0.3) is 0 Å². The van der Waals surface area contributed by atoms with Gasteiger partial charge in [0, 0.05) is 0 Å². The van der Waals surface area contributed by atoms with E-state index in [1.165, 1.54) is 0 Å². The first-order valence-electron chi connectivity index (χ1n) is 20.5. The van der Waals surface area contributed by atoms with Crippen molar-refractivity contribution in [2.45, 2.75) is 98.0 Å². The zero-order valence-electron chi connectivity index (χ0n) is 39.5. The first-order valence-corrected chi connectivity index (χ1v) is 20.5. The van der Waals surface area contributed by atoms with Crippen molar-refractivity contribution < 1.29 is 90.7 Å². The molecule has 0 aliphatic rings. The maximum absolute atomic E-state index is 11.0. The maximum Gasteiger partial charge on any atom is 0.488 e. The molecule has 0 aromatic heterocycles. The van der Waals surface area contributed by atoms with Crippen molar-refractivity contribution in [3.8, 4) is 0 Å². The molecule has 0 saturated carbocycles. The summed E-state index contributed by atoms with van der Waals surface area (Å²) in [4.78, 5) is 4.93. The van der Waals surface area contributed by atoms with Crippen molar-refractivity contribution >= 4 is 0 Å². The molecule has 1 unspecified atom stereocenters. The van der Waals surface area contributed by atoms with Crippen LogP contribution in [0.1, 0.15) is 45.4 Å². The first-order chi connectivity index (χ1) is 33.3. The molecule has 382 valence electrons. The summed E-state index contributed by atoms with van der Waals surface area (Å²) in [6.07, 6.45) is 14.8. The molecule has 0 aromatic carbocycles. The second-order valence-electron chi connectivity index (χ2n) is 12.6. The molecule has 0 heterocycles. The molecule has 0 radical (unpaired) electrons. The van der Waals surface area contributed by atoms with Gasteiger partial charge in [-0.15, -0.1) is 4.89 Å². The van der Waals surface area contributed by atoms with Crippen molar-refractivity contribution in [1.29, 1.82) is 0 Å². The second-order valence-corrected chi connectivity index (χ2v) is 12.6. The molecule has 0 saturated heterocycles. The number of rotatable bonds is 49. The van der Waals surface area contributed by atoms with E-state index < -0.39 is 52.6 Å². The quantitative estimate of drug-likeness (QED) is 0.0199. The Hall–Kier alpha value is -7.90. The molecule has 19 nitrogen and oxygen atoms in total. The van der Waals surface area contributed by atoms with Crippen molar-refractivity contribution in [3.05, 3.63) is 218 Å². The van der Waals surface area contributed by atoms with E-state index in [1.807, 2.05) is 6.92 Å². The van der Waals surface area contributed by atoms with Crippen LogP contribution in [0.4, 0.5) is 0 Å². The average molecular weight is 973 g/mol. The Labute approximate surface area is 406 Å². The summed E-state index contributed by atoms with van der Waals surface area (Å²) in [5.74, 6) is -27.9. The van der Waals surface area contributed by atoms with Crippen molar-refractivity contribution in [2.75, 3.05) is 0 Å². The van der Waals surface area contributed by atoms with E-state index in [9.17, 15) is 5.26 Å². The highest BCUT2D eigenvalue weighted by Crippen LogP contribution is 2.64. The third-order valence-electron chi connectivity index (χ3n) is 9.39. The zero-order chi connectivity index (χ0) is 52.6. The van der Waals surface area contributed by atoms with Crippen molar-refractivity contribution in [3.63, 3.8) is 0 Å². The lowest BCUT2D eigenvalue weighted by molar-refractivity contribution is -0.615. The Kier molecular flexibility index (Phi) is 26.3. The average Bonchev–Trinajstić information content (AvgIpc) is 3.32. The summed E-state index contributed by atoms with van der Waals surface area (Å²) in [5.41, 5.74) is 0. The van der Waals surface area contributed by atoms with Crippen molar-refractivity contribution in [1.82, 2.24) is 0 Å². The molecular formula is C50H68O19. The van der Waals surface area contributed by atoms with Gasteiger partial charge in [-0.1, -0.05) is 144 Å². The highest BCUT2D eigenvalue weighted by molar-refractivity contribution is 5.25. The van der Waals surface area contributed by atoms with Crippen LogP contribution in [0.3, 0.4) is 0 Å². The molecule has 1 atom stereocenters. The molecule has 1 N–H and O–H groups in total. The van der Waals surface area contributed by atoms with Gasteiger partial charge in [-0.25, -0.2) is 5.26 Å². The molecule has 0 spiro atoms. The topological polar surface area (TPSA) is 186 Å². The van der Waals surface area contributed by atoms with Gasteiger partial charge in [0.1, 0.15) is 0 Å². The van der Waals surface area contributed by atoms with E-state index >= 15 is 0 Å². The fourth-order valence-electron chi connectivity index (χ4n) is 7.43. The van der Waals surface area contributed by atoms with Crippen molar-refractivity contribution in [2.24, 2.45) is 0 Å². The highest BCUT2D eigenvalue weighted by atomic mass is 17.2. The van der Waals surface area contributed by atoms with Gasteiger partial charge in [0.25, 0.3) is 0 Å². The number of hydrogen-bond donors (Lipinski definition) is 1. The Morgan fingerprint density at radius 3 is 0.855 bits per heavy atom. The normalized spacial score (nSPS) is 12.1. The molecule has 0 bridgehead atoms. The maximum atomic E-state index is 11.0. The minimum atomic E-state index is -3.73. The Balaban J connectivity index is 11.2. The third kappa shape index (κ3) is 10.6. The Morgan fingerprint density at radius 1 is 0.319 bits per heavy atom. The summed E-state index contributed by atoms with van der Waals surface area (Å²) < 4.78 is 108. The first kappa shape index (κ1) is 61.1. The fourth-order valence-corrected chi connectivity index (χ4v) is 7.43. The monoisotopic (exact) mass is 972 g/mol. The zero-order valence-corrected chi connectivity index (χ0v) is 39.5. The summed E-state index contributed by atoms with van der Waals surface area (Å²) in [7, 11) is 0. The van der Waals surface area contributed by atoms with Crippen LogP contribution in [0, 0.1) is 0 Å². The van der Waals surface area contributed by atoms with E-state index in [-0.39, 0.29) is 6.42 Å². The standard InChI is InChI=1S/C50H68O19/c1-19-37-38-39-40-41-42(52-20-2)43(53-21-3,54-22-4)44(55-23-5,56-24-6)45(57-25-7,58-26-8)46(59-27-9,60-28-10)47(61-29-11,62-30-12)48(63-31-13,64-32-14)49(65-33-15,66-34-16)50(69-51,67-35-17)68-36-18/h20-36,42,51H,2-19,37-41H2,1H3. The lowest BCUT2D eigenvalue weighted by atomic mass is 9.75. The van der Waals surface area contributed by atoms with Gasteiger partial charge < -0.3 is 80.5 Å². The summed E-state index contributed by atoms with van der Waals surface area (Å²) in [6, 6.07) is 0. The largest absolute Gasteiger partial charge is 0.490 e. The van der Waals surface area contributed by atoms with E-state index in [2.05, 4.69) is 112 Å². The predicted molar refractivity (Wildman–Crippen MR) is 255 cm³/mol. The molecule has 0 aliphatic heterocycles. The smallest absolute Gasteiger partial charge is 0.488 e. The predicted octanol–water partition coefficient (Wildman–Crippen LogP) is 11.5. The Morgan fingerprint density at radius 2 is 0.580 bits per heavy atom. The highest BCUT2D eigenvalue weighted by Gasteiger charge is 3.01. The van der Waals surface area contributed by atoms with Crippen LogP contribution < -0.4 is 0 Å². The third-order valence-corrected chi connectivity index (χ3v) is 9.39. The molecular weight excluding hydrogens is 905 g/mol. The molecule has 0 fully saturated rings. The Bertz CT molecular complexity index is 1690. The van der Waals surface area contributed by atoms with Gasteiger partial charge in [-0.3, -0.25) is 0 Å². The number of ether oxygens (including phenoxy) is 17. The van der Waals surface area contributed by atoms with Gasteiger partial charge in [-0.2, -0.15) is 0 Å². The molecule has 0 amide bonds. The van der Waals surface area contributed by atoms with Crippen LogP contribution in [0.5, 0.6) is 0 Å². The molecule has 0 rings (SSSR count). The number of hydrogen-bond acceptors (Lipinski definition) is 19. The van der Waals surface area contributed by atoms with Crippen LogP contribution >= 0.6 is 0 Å². The summed E-state index contributed by atoms with van der Waals surface area (Å²) in [5, 5.41) is 11.0. The fraction of sp³-hybridized carbons (Fsp3) is 0.320. The van der Waals surface area contributed by atoms with E-state index in [4.69, 9.17) is 85.4 Å². The molecule has 19 heteroatoms. The lowest BCUT2D eigenvalue weighted by Gasteiger charge is -2.62. The van der Waals surface area contributed by atoms with E-state index in [1.54, 1.807) is 0 Å². The van der Waals surface area contributed by atoms with Gasteiger partial charge in [0.05, 0.1) is 106 Å². The van der Waals surface area contributed by atoms with Crippen LogP contribution in [-0.4, -0.2) is 57.8 Å². The van der Waals surface area contributed by atoms with Gasteiger partial charge in [0.2, 0.25) is 0 Å². The van der Waals surface area contributed by atoms with E-state index in [0.717, 1.165) is 63.1 Å². The van der Waals surface area contributed by atoms with Crippen LogP contribution in [-0.2, 0) is 85.4 Å². The summed E-state index contributed by atoms with van der Waals surface area (Å²) >= 11 is 0. The van der Waals surface area contributed by atoms with E-state index in [0.29, 0.717) is 75.5 Å². The minimum absolute atomic E-state index is 0.00574.